The minimum Gasteiger partial charge on any atom is -0.497 e. The summed E-state index contributed by atoms with van der Waals surface area (Å²) in [5, 5.41) is 20.3. The van der Waals surface area contributed by atoms with Gasteiger partial charge in [0.05, 0.1) is 30.5 Å². The Bertz CT molecular complexity index is 1870. The van der Waals surface area contributed by atoms with Gasteiger partial charge in [-0.1, -0.05) is 19.0 Å². The van der Waals surface area contributed by atoms with Crippen LogP contribution >= 0.6 is 0 Å². The SMILES string of the molecule is COc1ccc(-c2nnn([C@@H]3CC(C(=O)N[C@]4(C(=O)NS(=O)(=O)C5CC5)C[C@H]4C(F)F)N(C(=O)[C@@H](NC(=O)c4ccno4)C(C)C)C3)n2)cc1. The van der Waals surface area contributed by atoms with Crippen LogP contribution in [0.1, 0.15) is 56.1 Å². The maximum absolute atomic E-state index is 14.2. The number of carbonyl (C=O) groups excluding carboxylic acids is 4. The van der Waals surface area contributed by atoms with Gasteiger partial charge in [0, 0.05) is 24.6 Å². The zero-order valence-electron chi connectivity index (χ0n) is 27.2. The fourth-order valence-electron chi connectivity index (χ4n) is 5.98. The largest absolute Gasteiger partial charge is 0.497 e. The van der Waals surface area contributed by atoms with Gasteiger partial charge in [-0.05, 0) is 54.7 Å². The Kier molecular flexibility index (Phi) is 9.31. The molecule has 50 heavy (non-hydrogen) atoms. The highest BCUT2D eigenvalue weighted by atomic mass is 32.2. The van der Waals surface area contributed by atoms with E-state index in [1.54, 1.807) is 38.1 Å². The van der Waals surface area contributed by atoms with E-state index in [9.17, 15) is 36.4 Å². The third kappa shape index (κ3) is 6.88. The van der Waals surface area contributed by atoms with E-state index in [1.807, 2.05) is 4.72 Å². The molecule has 20 heteroatoms. The van der Waals surface area contributed by atoms with Gasteiger partial charge in [0.2, 0.25) is 39.8 Å². The van der Waals surface area contributed by atoms with Crippen LogP contribution in [-0.4, -0.2) is 105 Å². The Morgan fingerprint density at radius 2 is 1.82 bits per heavy atom. The van der Waals surface area contributed by atoms with Crippen molar-refractivity contribution in [3.05, 3.63) is 42.3 Å². The number of aromatic nitrogens is 5. The van der Waals surface area contributed by atoms with Crippen LogP contribution in [0, 0.1) is 11.8 Å². The monoisotopic (exact) mass is 719 g/mol. The highest BCUT2D eigenvalue weighted by Gasteiger charge is 2.66. The fraction of sp³-hybridized carbons (Fsp3) is 0.533. The average Bonchev–Trinajstić information content (AvgIpc) is 3.84. The Balaban J connectivity index is 1.28. The van der Waals surface area contributed by atoms with Gasteiger partial charge in [-0.25, -0.2) is 17.2 Å². The number of sulfonamides is 1. The normalized spacial score (nSPS) is 23.8. The van der Waals surface area contributed by atoms with Gasteiger partial charge in [-0.3, -0.25) is 23.9 Å². The number of tetrazole rings is 1. The van der Waals surface area contributed by atoms with Crippen LogP contribution in [0.3, 0.4) is 0 Å². The van der Waals surface area contributed by atoms with E-state index in [4.69, 9.17) is 9.26 Å². The fourth-order valence-corrected chi connectivity index (χ4v) is 7.35. The number of rotatable bonds is 13. The molecule has 4 amide bonds. The molecule has 2 aliphatic carbocycles. The van der Waals surface area contributed by atoms with Crippen molar-refractivity contribution in [2.75, 3.05) is 13.7 Å². The average molecular weight is 720 g/mol. The first-order valence-corrected chi connectivity index (χ1v) is 17.4. The van der Waals surface area contributed by atoms with E-state index < -0.39 is 87.2 Å². The summed E-state index contributed by atoms with van der Waals surface area (Å²) in [7, 11) is -2.60. The van der Waals surface area contributed by atoms with Crippen molar-refractivity contribution in [2.24, 2.45) is 11.8 Å². The van der Waals surface area contributed by atoms with Crippen molar-refractivity contribution in [3.8, 4) is 17.1 Å². The first-order valence-electron chi connectivity index (χ1n) is 15.9. The highest BCUT2D eigenvalue weighted by molar-refractivity contribution is 7.91. The molecule has 1 aliphatic heterocycles. The molecular formula is C30H35F2N9O8S. The number of nitrogens with one attached hydrogen (secondary N) is 3. The molecule has 3 N–H and O–H groups in total. The second kappa shape index (κ2) is 13.4. The predicted molar refractivity (Wildman–Crippen MR) is 167 cm³/mol. The number of ether oxygens (including phenoxy) is 1. The van der Waals surface area contributed by atoms with Crippen molar-refractivity contribution in [1.82, 2.24) is 45.6 Å². The molecule has 0 spiro atoms. The Morgan fingerprint density at radius 1 is 1.10 bits per heavy atom. The predicted octanol–water partition coefficient (Wildman–Crippen LogP) is 0.682. The van der Waals surface area contributed by atoms with E-state index in [-0.39, 0.29) is 24.6 Å². The van der Waals surface area contributed by atoms with E-state index in [0.29, 0.717) is 24.2 Å². The van der Waals surface area contributed by atoms with Gasteiger partial charge in [0.1, 0.15) is 23.4 Å². The molecule has 3 aliphatic rings. The zero-order chi connectivity index (χ0) is 36.0. The van der Waals surface area contributed by atoms with Crippen molar-refractivity contribution < 1.29 is 45.6 Å². The van der Waals surface area contributed by atoms with Crippen molar-refractivity contribution in [1.29, 1.82) is 0 Å². The van der Waals surface area contributed by atoms with Crippen LogP contribution in [0.4, 0.5) is 8.78 Å². The number of likely N-dealkylation sites (tertiary alicyclic amines) is 1. The molecule has 268 valence electrons. The first-order chi connectivity index (χ1) is 23.7. The molecule has 3 heterocycles. The molecule has 6 rings (SSSR count). The molecule has 3 aromatic rings. The third-order valence-electron chi connectivity index (χ3n) is 9.12. The highest BCUT2D eigenvalue weighted by Crippen LogP contribution is 2.48. The van der Waals surface area contributed by atoms with Crippen molar-refractivity contribution in [3.63, 3.8) is 0 Å². The second-order valence-corrected chi connectivity index (χ2v) is 14.9. The molecule has 1 unspecified atom stereocenters. The van der Waals surface area contributed by atoms with Gasteiger partial charge in [-0.2, -0.15) is 4.80 Å². The van der Waals surface area contributed by atoms with Crippen LogP contribution < -0.4 is 20.1 Å². The maximum atomic E-state index is 14.2. The second-order valence-electron chi connectivity index (χ2n) is 12.9. The van der Waals surface area contributed by atoms with Gasteiger partial charge < -0.3 is 24.8 Å². The minimum atomic E-state index is -4.12. The molecule has 1 saturated heterocycles. The zero-order valence-corrected chi connectivity index (χ0v) is 28.0. The number of methoxy groups -OCH3 is 1. The molecule has 0 bridgehead atoms. The number of halogens is 2. The molecule has 2 aromatic heterocycles. The van der Waals surface area contributed by atoms with E-state index in [2.05, 4.69) is 31.2 Å². The quantitative estimate of drug-likeness (QED) is 0.222. The maximum Gasteiger partial charge on any atom is 0.290 e. The van der Waals surface area contributed by atoms with Gasteiger partial charge in [-0.15, -0.1) is 10.2 Å². The summed E-state index contributed by atoms with van der Waals surface area (Å²) in [6, 6.07) is 4.85. The van der Waals surface area contributed by atoms with E-state index in [0.717, 1.165) is 4.90 Å². The van der Waals surface area contributed by atoms with Crippen molar-refractivity contribution >= 4 is 33.7 Å². The van der Waals surface area contributed by atoms with Crippen LogP contribution in [0.25, 0.3) is 11.4 Å². The smallest absolute Gasteiger partial charge is 0.290 e. The molecule has 3 fully saturated rings. The summed E-state index contributed by atoms with van der Waals surface area (Å²) >= 11 is 0. The molecular weight excluding hydrogens is 684 g/mol. The summed E-state index contributed by atoms with van der Waals surface area (Å²) in [6.45, 7) is 3.18. The number of carbonyl (C=O) groups is 4. The summed E-state index contributed by atoms with van der Waals surface area (Å²) in [5.41, 5.74) is -1.61. The lowest BCUT2D eigenvalue weighted by Gasteiger charge is -2.31. The summed E-state index contributed by atoms with van der Waals surface area (Å²) in [5.74, 6) is -5.13. The van der Waals surface area contributed by atoms with Crippen LogP contribution in [0.5, 0.6) is 5.75 Å². The van der Waals surface area contributed by atoms with Crippen molar-refractivity contribution in [2.45, 2.75) is 74.9 Å². The standard InChI is InChI=1S/C30H35F2N9O8S/c1-15(2)23(34-27(43)22-10-11-33-49-22)28(44)40-14-17(41-37-25(36-39-41)16-4-6-18(48-3)7-5-16)12-21(40)26(42)35-30(13-20(30)24(31)32)29(45)38-50(46,47)19-8-9-19/h4-7,10-11,15,17,19-21,23-24H,8-9,12-14H2,1-3H3,(H,34,43)(H,35,42)(H,38,45)/t17-,20+,21?,23+,30-/m1/s1. The van der Waals surface area contributed by atoms with Crippen LogP contribution in [0.2, 0.25) is 0 Å². The van der Waals surface area contributed by atoms with Gasteiger partial charge >= 0.3 is 0 Å². The molecule has 17 nitrogen and oxygen atoms in total. The number of nitrogens with zero attached hydrogens (tertiary/aromatic N) is 6. The number of hydrogen-bond donors (Lipinski definition) is 3. The van der Waals surface area contributed by atoms with Gasteiger partial charge in [0.15, 0.2) is 0 Å². The third-order valence-corrected chi connectivity index (χ3v) is 10.9. The van der Waals surface area contributed by atoms with Crippen LogP contribution in [0.15, 0.2) is 41.1 Å². The molecule has 1 aromatic carbocycles. The molecule has 5 atom stereocenters. The topological polar surface area (TPSA) is 221 Å². The molecule has 2 saturated carbocycles. The lowest BCUT2D eigenvalue weighted by molar-refractivity contribution is -0.141. The van der Waals surface area contributed by atoms with E-state index in [1.165, 1.54) is 24.2 Å². The lowest BCUT2D eigenvalue weighted by Crippen LogP contribution is -2.59. The number of amides is 4. The number of benzene rings is 1. The minimum absolute atomic E-state index is 0.131. The Morgan fingerprint density at radius 3 is 2.40 bits per heavy atom. The lowest BCUT2D eigenvalue weighted by atomic mass is 10.0. The van der Waals surface area contributed by atoms with E-state index >= 15 is 0 Å². The Labute approximate surface area is 284 Å². The first kappa shape index (κ1) is 34.8. The Hall–Kier alpha value is -5.01. The summed E-state index contributed by atoms with van der Waals surface area (Å²) in [4.78, 5) is 56.6. The summed E-state index contributed by atoms with van der Waals surface area (Å²) in [6.07, 6.45) is -1.79. The summed E-state index contributed by atoms with van der Waals surface area (Å²) < 4.78 is 65.0. The van der Waals surface area contributed by atoms with Crippen LogP contribution in [-0.2, 0) is 24.4 Å². The number of alkyl halides is 2. The molecule has 0 radical (unpaired) electrons. The number of hydrogen-bond acceptors (Lipinski definition) is 12. The van der Waals surface area contributed by atoms with Gasteiger partial charge in [0.25, 0.3) is 11.8 Å².